The van der Waals surface area contributed by atoms with E-state index in [4.69, 9.17) is 4.74 Å². The van der Waals surface area contributed by atoms with Gasteiger partial charge in [0.15, 0.2) is 0 Å². The summed E-state index contributed by atoms with van der Waals surface area (Å²) in [6, 6.07) is 4.92. The molecule has 0 aliphatic heterocycles. The van der Waals surface area contributed by atoms with Crippen LogP contribution < -0.4 is 15.0 Å². The number of aromatic nitrogens is 2. The molecule has 0 saturated heterocycles. The van der Waals surface area contributed by atoms with E-state index in [-0.39, 0.29) is 5.56 Å². The Kier molecular flexibility index (Phi) is 6.42. The van der Waals surface area contributed by atoms with Crippen molar-refractivity contribution in [3.63, 3.8) is 0 Å². The first kappa shape index (κ1) is 20.0. The summed E-state index contributed by atoms with van der Waals surface area (Å²) in [5.41, 5.74) is 2.14. The van der Waals surface area contributed by atoms with Crippen LogP contribution in [0.15, 0.2) is 23.0 Å². The number of aryl methyl sites for hydroxylation is 1. The predicted molar refractivity (Wildman–Crippen MR) is 103 cm³/mol. The molecule has 0 spiro atoms. The molecule has 26 heavy (non-hydrogen) atoms. The van der Waals surface area contributed by atoms with E-state index in [0.29, 0.717) is 47.8 Å². The number of hydrogen-bond donors (Lipinski definition) is 2. The third kappa shape index (κ3) is 4.85. The highest BCUT2D eigenvalue weighted by Crippen LogP contribution is 2.31. The minimum atomic E-state index is -3.42. The van der Waals surface area contributed by atoms with Crippen LogP contribution in [-0.4, -0.2) is 31.2 Å². The van der Waals surface area contributed by atoms with Crippen LogP contribution >= 0.6 is 0 Å². The lowest BCUT2D eigenvalue weighted by molar-refractivity contribution is 0.318. The second-order valence-corrected chi connectivity index (χ2v) is 7.73. The van der Waals surface area contributed by atoms with Crippen molar-refractivity contribution in [1.29, 1.82) is 0 Å². The Morgan fingerprint density at radius 2 is 1.92 bits per heavy atom. The second-order valence-electron chi connectivity index (χ2n) is 5.98. The Morgan fingerprint density at radius 1 is 1.19 bits per heavy atom. The predicted octanol–water partition coefficient (Wildman–Crippen LogP) is 2.72. The van der Waals surface area contributed by atoms with Gasteiger partial charge in [0.25, 0.3) is 5.56 Å². The molecule has 1 aromatic carbocycles. The summed E-state index contributed by atoms with van der Waals surface area (Å²) in [6.45, 7) is 6.35. The monoisotopic (exact) mass is 379 g/mol. The van der Waals surface area contributed by atoms with Crippen LogP contribution in [0.25, 0.3) is 11.4 Å². The molecular weight excluding hydrogens is 354 g/mol. The van der Waals surface area contributed by atoms with E-state index >= 15 is 0 Å². The van der Waals surface area contributed by atoms with Crippen LogP contribution in [0, 0.1) is 0 Å². The van der Waals surface area contributed by atoms with Gasteiger partial charge in [0.05, 0.1) is 24.1 Å². The van der Waals surface area contributed by atoms with Gasteiger partial charge in [0.1, 0.15) is 11.6 Å². The van der Waals surface area contributed by atoms with Crippen molar-refractivity contribution >= 4 is 15.7 Å². The zero-order chi connectivity index (χ0) is 19.3. The molecule has 0 atom stereocenters. The maximum absolute atomic E-state index is 12.4. The van der Waals surface area contributed by atoms with E-state index in [1.165, 1.54) is 0 Å². The number of hydrogen-bond acceptors (Lipinski definition) is 5. The number of anilines is 1. The molecule has 1 heterocycles. The van der Waals surface area contributed by atoms with E-state index < -0.39 is 10.0 Å². The van der Waals surface area contributed by atoms with Gasteiger partial charge in [-0.2, -0.15) is 0 Å². The molecule has 1 aromatic heterocycles. The van der Waals surface area contributed by atoms with Crippen molar-refractivity contribution in [1.82, 2.24) is 9.97 Å². The van der Waals surface area contributed by atoms with Crippen LogP contribution in [0.5, 0.6) is 5.75 Å². The van der Waals surface area contributed by atoms with Crippen molar-refractivity contribution < 1.29 is 13.2 Å². The normalized spacial score (nSPS) is 11.4. The van der Waals surface area contributed by atoms with Gasteiger partial charge >= 0.3 is 0 Å². The maximum Gasteiger partial charge on any atom is 0.254 e. The third-order valence-corrected chi connectivity index (χ3v) is 4.40. The Bertz CT molecular complexity index is 936. The van der Waals surface area contributed by atoms with Crippen molar-refractivity contribution in [2.45, 2.75) is 40.0 Å². The number of benzene rings is 1. The number of ether oxygens (including phenoxy) is 1. The van der Waals surface area contributed by atoms with E-state index in [9.17, 15) is 13.2 Å². The van der Waals surface area contributed by atoms with E-state index in [1.54, 1.807) is 18.2 Å². The molecule has 0 saturated carbocycles. The minimum Gasteiger partial charge on any atom is -0.493 e. The third-order valence-electron chi connectivity index (χ3n) is 3.79. The highest BCUT2D eigenvalue weighted by atomic mass is 32.2. The Morgan fingerprint density at radius 3 is 2.50 bits per heavy atom. The number of sulfonamides is 1. The topological polar surface area (TPSA) is 101 Å². The summed E-state index contributed by atoms with van der Waals surface area (Å²) in [5.74, 6) is 0.910. The standard InChI is InChI=1S/C18H25N3O4S/c1-5-10-25-16-9-8-12(21-26(4,23)24)11-14(16)17-19-15(7-3)13(6-2)18(22)20-17/h8-9,11,21H,5-7,10H2,1-4H3,(H,19,20,22). The van der Waals surface area contributed by atoms with Gasteiger partial charge in [0.2, 0.25) is 10.0 Å². The molecule has 8 heteroatoms. The van der Waals surface area contributed by atoms with Crippen molar-refractivity contribution in [2.75, 3.05) is 17.6 Å². The summed E-state index contributed by atoms with van der Waals surface area (Å²) in [7, 11) is -3.42. The lowest BCUT2D eigenvalue weighted by Crippen LogP contribution is -2.18. The lowest BCUT2D eigenvalue weighted by atomic mass is 10.1. The minimum absolute atomic E-state index is 0.183. The molecule has 0 aliphatic carbocycles. The molecule has 0 unspecified atom stereocenters. The fourth-order valence-corrected chi connectivity index (χ4v) is 3.21. The summed E-state index contributed by atoms with van der Waals surface area (Å²) in [4.78, 5) is 19.8. The Hall–Kier alpha value is -2.35. The van der Waals surface area contributed by atoms with E-state index in [0.717, 1.165) is 18.4 Å². The highest BCUT2D eigenvalue weighted by molar-refractivity contribution is 7.92. The van der Waals surface area contributed by atoms with Gasteiger partial charge in [-0.1, -0.05) is 20.8 Å². The van der Waals surface area contributed by atoms with Gasteiger partial charge in [-0.3, -0.25) is 9.52 Å². The number of nitrogens with zero attached hydrogens (tertiary/aromatic N) is 1. The fourth-order valence-electron chi connectivity index (χ4n) is 2.66. The van der Waals surface area contributed by atoms with Crippen molar-refractivity contribution in [3.05, 3.63) is 39.8 Å². The summed E-state index contributed by atoms with van der Waals surface area (Å²) < 4.78 is 31.2. The molecule has 0 radical (unpaired) electrons. The molecule has 0 fully saturated rings. The summed E-state index contributed by atoms with van der Waals surface area (Å²) >= 11 is 0. The quantitative estimate of drug-likeness (QED) is 0.734. The SMILES string of the molecule is CCCOc1ccc(NS(C)(=O)=O)cc1-c1nc(CC)c(CC)c(=O)[nH]1. The molecule has 0 amide bonds. The molecule has 2 rings (SSSR count). The first-order chi connectivity index (χ1) is 12.3. The zero-order valence-electron chi connectivity index (χ0n) is 15.5. The number of rotatable bonds is 8. The molecule has 0 bridgehead atoms. The molecular formula is C18H25N3O4S. The molecule has 2 N–H and O–H groups in total. The number of aromatic amines is 1. The van der Waals surface area contributed by atoms with Crippen LogP contribution in [0.3, 0.4) is 0 Å². The van der Waals surface area contributed by atoms with Gasteiger partial charge in [-0.05, 0) is 37.5 Å². The molecule has 2 aromatic rings. The van der Waals surface area contributed by atoms with Crippen LogP contribution in [0.4, 0.5) is 5.69 Å². The Balaban J connectivity index is 2.62. The fraction of sp³-hybridized carbons (Fsp3) is 0.444. The zero-order valence-corrected chi connectivity index (χ0v) is 16.4. The van der Waals surface area contributed by atoms with Crippen LogP contribution in [-0.2, 0) is 22.9 Å². The van der Waals surface area contributed by atoms with E-state index in [1.807, 2.05) is 20.8 Å². The van der Waals surface area contributed by atoms with Crippen LogP contribution in [0.1, 0.15) is 38.4 Å². The van der Waals surface area contributed by atoms with Gasteiger partial charge in [0, 0.05) is 11.3 Å². The first-order valence-electron chi connectivity index (χ1n) is 8.66. The lowest BCUT2D eigenvalue weighted by Gasteiger charge is -2.14. The van der Waals surface area contributed by atoms with E-state index in [2.05, 4.69) is 14.7 Å². The van der Waals surface area contributed by atoms with Crippen LogP contribution in [0.2, 0.25) is 0 Å². The van der Waals surface area contributed by atoms with Gasteiger partial charge in [-0.15, -0.1) is 0 Å². The van der Waals surface area contributed by atoms with Crippen molar-refractivity contribution in [2.24, 2.45) is 0 Å². The number of nitrogens with one attached hydrogen (secondary N) is 2. The first-order valence-corrected chi connectivity index (χ1v) is 10.5. The van der Waals surface area contributed by atoms with Crippen molar-refractivity contribution in [3.8, 4) is 17.1 Å². The summed E-state index contributed by atoms with van der Waals surface area (Å²) in [6.07, 6.45) is 3.13. The molecule has 142 valence electrons. The van der Waals surface area contributed by atoms with Gasteiger partial charge < -0.3 is 9.72 Å². The highest BCUT2D eigenvalue weighted by Gasteiger charge is 2.15. The second kappa shape index (κ2) is 8.35. The number of H-pyrrole nitrogens is 1. The molecule has 7 nitrogen and oxygen atoms in total. The van der Waals surface area contributed by atoms with Gasteiger partial charge in [-0.25, -0.2) is 13.4 Å². The average molecular weight is 379 g/mol. The largest absolute Gasteiger partial charge is 0.493 e. The maximum atomic E-state index is 12.4. The molecule has 0 aliphatic rings. The average Bonchev–Trinajstić information content (AvgIpc) is 2.58. The Labute approximate surface area is 153 Å². The smallest absolute Gasteiger partial charge is 0.254 e. The summed E-state index contributed by atoms with van der Waals surface area (Å²) in [5, 5.41) is 0.